The SMILES string of the molecule is COC(=O)c1nc2cc(C(=O)NC3CCC3)c(Cl)cc2[nH]1. The van der Waals surface area contributed by atoms with Crippen LogP contribution in [0.25, 0.3) is 11.0 Å². The monoisotopic (exact) mass is 307 g/mol. The van der Waals surface area contributed by atoms with Crippen LogP contribution in [0.3, 0.4) is 0 Å². The second-order valence-corrected chi connectivity index (χ2v) is 5.43. The Bertz CT molecular complexity index is 722. The van der Waals surface area contributed by atoms with Crippen molar-refractivity contribution in [3.63, 3.8) is 0 Å². The van der Waals surface area contributed by atoms with E-state index in [1.165, 1.54) is 7.11 Å². The first-order valence-electron chi connectivity index (χ1n) is 6.67. The second-order valence-electron chi connectivity index (χ2n) is 5.03. The van der Waals surface area contributed by atoms with Crippen LogP contribution in [-0.4, -0.2) is 35.0 Å². The summed E-state index contributed by atoms with van der Waals surface area (Å²) < 4.78 is 4.60. The normalized spacial score (nSPS) is 14.8. The van der Waals surface area contributed by atoms with Gasteiger partial charge in [0.05, 0.1) is 28.7 Å². The maximum atomic E-state index is 12.2. The molecule has 0 atom stereocenters. The number of carbonyl (C=O) groups excluding carboxylic acids is 2. The van der Waals surface area contributed by atoms with Crippen molar-refractivity contribution in [2.75, 3.05) is 7.11 Å². The summed E-state index contributed by atoms with van der Waals surface area (Å²) in [6.07, 6.45) is 3.14. The van der Waals surface area contributed by atoms with Crippen LogP contribution in [0.15, 0.2) is 12.1 Å². The second kappa shape index (κ2) is 5.37. The van der Waals surface area contributed by atoms with Crippen LogP contribution < -0.4 is 5.32 Å². The predicted octanol–water partition coefficient (Wildman–Crippen LogP) is 2.29. The molecule has 7 heteroatoms. The van der Waals surface area contributed by atoms with Crippen LogP contribution in [0.1, 0.15) is 40.2 Å². The average molecular weight is 308 g/mol. The maximum Gasteiger partial charge on any atom is 0.374 e. The van der Waals surface area contributed by atoms with E-state index in [1.54, 1.807) is 12.1 Å². The Hall–Kier alpha value is -2.08. The molecule has 1 aromatic carbocycles. The van der Waals surface area contributed by atoms with E-state index in [2.05, 4.69) is 20.0 Å². The van der Waals surface area contributed by atoms with Crippen molar-refractivity contribution in [1.82, 2.24) is 15.3 Å². The summed E-state index contributed by atoms with van der Waals surface area (Å²) in [5, 5.41) is 3.24. The van der Waals surface area contributed by atoms with Crippen molar-refractivity contribution < 1.29 is 14.3 Å². The van der Waals surface area contributed by atoms with E-state index in [1.807, 2.05) is 0 Å². The molecule has 0 radical (unpaired) electrons. The lowest BCUT2D eigenvalue weighted by molar-refractivity contribution is 0.0588. The van der Waals surface area contributed by atoms with Crippen molar-refractivity contribution in [1.29, 1.82) is 0 Å². The number of nitrogens with zero attached hydrogens (tertiary/aromatic N) is 1. The molecule has 0 saturated heterocycles. The number of H-pyrrole nitrogens is 1. The Balaban J connectivity index is 1.93. The molecule has 2 N–H and O–H groups in total. The van der Waals surface area contributed by atoms with Crippen molar-refractivity contribution in [3.8, 4) is 0 Å². The summed E-state index contributed by atoms with van der Waals surface area (Å²) in [6.45, 7) is 0. The topological polar surface area (TPSA) is 84.1 Å². The van der Waals surface area contributed by atoms with Gasteiger partial charge in [0.2, 0.25) is 5.82 Å². The minimum Gasteiger partial charge on any atom is -0.463 e. The predicted molar refractivity (Wildman–Crippen MR) is 77.5 cm³/mol. The van der Waals surface area contributed by atoms with Gasteiger partial charge in [-0.25, -0.2) is 9.78 Å². The molecule has 1 fully saturated rings. The summed E-state index contributed by atoms with van der Waals surface area (Å²) in [7, 11) is 1.28. The number of amides is 1. The first-order chi connectivity index (χ1) is 10.1. The van der Waals surface area contributed by atoms with Crippen LogP contribution in [0.5, 0.6) is 0 Å². The molecule has 6 nitrogen and oxygen atoms in total. The summed E-state index contributed by atoms with van der Waals surface area (Å²) >= 11 is 6.14. The van der Waals surface area contributed by atoms with Gasteiger partial charge in [0, 0.05) is 6.04 Å². The van der Waals surface area contributed by atoms with E-state index in [9.17, 15) is 9.59 Å². The Morgan fingerprint density at radius 3 is 2.81 bits per heavy atom. The van der Waals surface area contributed by atoms with Gasteiger partial charge in [-0.3, -0.25) is 4.79 Å². The standard InChI is InChI=1S/C14H14ClN3O3/c1-21-14(20)12-17-10-5-8(9(15)6-11(10)18-12)13(19)16-7-3-2-4-7/h5-7H,2-4H2,1H3,(H,16,19)(H,17,18). The molecule has 1 amide bonds. The first-order valence-corrected chi connectivity index (χ1v) is 7.04. The van der Waals surface area contributed by atoms with Gasteiger partial charge < -0.3 is 15.0 Å². The van der Waals surface area contributed by atoms with Gasteiger partial charge in [0.25, 0.3) is 5.91 Å². The smallest absolute Gasteiger partial charge is 0.374 e. The Kier molecular flexibility index (Phi) is 3.55. The van der Waals surface area contributed by atoms with Crippen LogP contribution >= 0.6 is 11.6 Å². The van der Waals surface area contributed by atoms with Gasteiger partial charge in [-0.2, -0.15) is 0 Å². The number of imidazole rings is 1. The van der Waals surface area contributed by atoms with Gasteiger partial charge in [-0.05, 0) is 31.4 Å². The number of hydrogen-bond donors (Lipinski definition) is 2. The van der Waals surface area contributed by atoms with Gasteiger partial charge in [-0.15, -0.1) is 0 Å². The van der Waals surface area contributed by atoms with Crippen molar-refractivity contribution in [3.05, 3.63) is 28.5 Å². The minimum absolute atomic E-state index is 0.0834. The Morgan fingerprint density at radius 1 is 1.43 bits per heavy atom. The fourth-order valence-electron chi connectivity index (χ4n) is 2.21. The van der Waals surface area contributed by atoms with Crippen molar-refractivity contribution in [2.45, 2.75) is 25.3 Å². The van der Waals surface area contributed by atoms with E-state index in [4.69, 9.17) is 11.6 Å². The van der Waals surface area contributed by atoms with Crippen LogP contribution in [0.4, 0.5) is 0 Å². The lowest BCUT2D eigenvalue weighted by Gasteiger charge is -2.26. The van der Waals surface area contributed by atoms with E-state index >= 15 is 0 Å². The van der Waals surface area contributed by atoms with Crippen LogP contribution in [0.2, 0.25) is 5.02 Å². The van der Waals surface area contributed by atoms with Crippen LogP contribution in [0, 0.1) is 0 Å². The van der Waals surface area contributed by atoms with E-state index in [-0.39, 0.29) is 17.8 Å². The zero-order valence-corrected chi connectivity index (χ0v) is 12.2. The molecule has 3 rings (SSSR count). The van der Waals surface area contributed by atoms with Crippen LogP contribution in [-0.2, 0) is 4.74 Å². The number of esters is 1. The molecular weight excluding hydrogens is 294 g/mol. The number of ether oxygens (including phenoxy) is 1. The largest absolute Gasteiger partial charge is 0.463 e. The molecule has 2 aromatic rings. The summed E-state index contributed by atoms with van der Waals surface area (Å²) in [6, 6.07) is 3.40. The molecular formula is C14H14ClN3O3. The molecule has 0 aliphatic heterocycles. The lowest BCUT2D eigenvalue weighted by atomic mass is 9.93. The average Bonchev–Trinajstić information content (AvgIpc) is 2.83. The lowest BCUT2D eigenvalue weighted by Crippen LogP contribution is -2.39. The fourth-order valence-corrected chi connectivity index (χ4v) is 2.46. The van der Waals surface area contributed by atoms with Crippen molar-refractivity contribution >= 4 is 34.5 Å². The highest BCUT2D eigenvalue weighted by Gasteiger charge is 2.22. The highest BCUT2D eigenvalue weighted by molar-refractivity contribution is 6.34. The first kappa shape index (κ1) is 13.9. The quantitative estimate of drug-likeness (QED) is 0.852. The molecule has 0 unspecified atom stereocenters. The third-order valence-electron chi connectivity index (χ3n) is 3.63. The van der Waals surface area contributed by atoms with E-state index < -0.39 is 5.97 Å². The number of fused-ring (bicyclic) bond motifs is 1. The van der Waals surface area contributed by atoms with E-state index in [0.29, 0.717) is 21.6 Å². The summed E-state index contributed by atoms with van der Waals surface area (Å²) in [4.78, 5) is 30.6. The summed E-state index contributed by atoms with van der Waals surface area (Å²) in [5.41, 5.74) is 1.44. The molecule has 21 heavy (non-hydrogen) atoms. The van der Waals surface area contributed by atoms with Crippen molar-refractivity contribution in [2.24, 2.45) is 0 Å². The molecule has 0 spiro atoms. The number of halogens is 1. The molecule has 1 aliphatic carbocycles. The molecule has 1 saturated carbocycles. The number of aromatic nitrogens is 2. The number of hydrogen-bond acceptors (Lipinski definition) is 4. The van der Waals surface area contributed by atoms with Gasteiger partial charge in [-0.1, -0.05) is 11.6 Å². The molecule has 1 aliphatic rings. The molecule has 110 valence electrons. The number of carbonyl (C=O) groups is 2. The van der Waals surface area contributed by atoms with Gasteiger partial charge in [0.1, 0.15) is 0 Å². The third kappa shape index (κ3) is 2.58. The molecule has 1 aromatic heterocycles. The summed E-state index contributed by atoms with van der Waals surface area (Å²) in [5.74, 6) is -0.697. The maximum absolute atomic E-state index is 12.2. The number of benzene rings is 1. The number of methoxy groups -OCH3 is 1. The zero-order valence-electron chi connectivity index (χ0n) is 11.4. The minimum atomic E-state index is -0.567. The van der Waals surface area contributed by atoms with Gasteiger partial charge >= 0.3 is 5.97 Å². The number of rotatable bonds is 3. The number of nitrogens with one attached hydrogen (secondary N) is 2. The Morgan fingerprint density at radius 2 is 2.19 bits per heavy atom. The number of aromatic amines is 1. The molecule has 1 heterocycles. The molecule has 0 bridgehead atoms. The highest BCUT2D eigenvalue weighted by Crippen LogP contribution is 2.24. The third-order valence-corrected chi connectivity index (χ3v) is 3.95. The zero-order chi connectivity index (χ0) is 15.0. The van der Waals surface area contributed by atoms with Gasteiger partial charge in [0.15, 0.2) is 0 Å². The van der Waals surface area contributed by atoms with E-state index in [0.717, 1.165) is 19.3 Å². The Labute approximate surface area is 125 Å². The highest BCUT2D eigenvalue weighted by atomic mass is 35.5. The fraction of sp³-hybridized carbons (Fsp3) is 0.357.